The molecule has 1 aliphatic rings. The van der Waals surface area contributed by atoms with Crippen LogP contribution in [0.2, 0.25) is 0 Å². The van der Waals surface area contributed by atoms with E-state index in [1.165, 1.54) is 36.8 Å². The summed E-state index contributed by atoms with van der Waals surface area (Å²) in [5.74, 6) is 0. The van der Waals surface area contributed by atoms with Crippen LogP contribution in [0.4, 0.5) is 0 Å². The van der Waals surface area contributed by atoms with Gasteiger partial charge in [-0.2, -0.15) is 0 Å². The fourth-order valence-electron chi connectivity index (χ4n) is 2.65. The van der Waals surface area contributed by atoms with E-state index in [1.54, 1.807) is 0 Å². The first kappa shape index (κ1) is 13.6. The number of aryl methyl sites for hydroxylation is 1. The van der Waals surface area contributed by atoms with E-state index in [9.17, 15) is 0 Å². The zero-order chi connectivity index (χ0) is 13.0. The second-order valence-electron chi connectivity index (χ2n) is 5.90. The predicted molar refractivity (Wildman–Crippen MR) is 77.6 cm³/mol. The Bertz CT molecular complexity index is 365. The topological polar surface area (TPSA) is 38.0 Å². The molecule has 2 heteroatoms. The summed E-state index contributed by atoms with van der Waals surface area (Å²) in [6.07, 6.45) is 5.45. The lowest BCUT2D eigenvalue weighted by molar-refractivity contribution is 0.413. The Morgan fingerprint density at radius 3 is 2.50 bits per heavy atom. The van der Waals surface area contributed by atoms with Crippen molar-refractivity contribution < 1.29 is 0 Å². The van der Waals surface area contributed by atoms with Crippen LogP contribution in [0.25, 0.3) is 0 Å². The Morgan fingerprint density at radius 1 is 1.28 bits per heavy atom. The van der Waals surface area contributed by atoms with Gasteiger partial charge in [-0.1, -0.05) is 43.2 Å². The number of nitrogens with one attached hydrogen (secondary N) is 1. The maximum Gasteiger partial charge on any atom is 0.0421 e. The average molecular weight is 246 g/mol. The highest BCUT2D eigenvalue weighted by Gasteiger charge is 2.40. The Hall–Kier alpha value is -0.860. The van der Waals surface area contributed by atoms with E-state index in [1.807, 2.05) is 0 Å². The van der Waals surface area contributed by atoms with Crippen LogP contribution >= 0.6 is 0 Å². The Balaban J connectivity index is 1.75. The van der Waals surface area contributed by atoms with Gasteiger partial charge in [0.05, 0.1) is 0 Å². The van der Waals surface area contributed by atoms with Gasteiger partial charge in [-0.25, -0.2) is 0 Å². The van der Waals surface area contributed by atoms with Crippen molar-refractivity contribution in [1.82, 2.24) is 5.32 Å². The van der Waals surface area contributed by atoms with Gasteiger partial charge in [-0.15, -0.1) is 0 Å². The minimum atomic E-state index is 0.114. The van der Waals surface area contributed by atoms with Crippen molar-refractivity contribution in [2.75, 3.05) is 13.1 Å². The van der Waals surface area contributed by atoms with Gasteiger partial charge in [-0.05, 0) is 37.2 Å². The molecule has 18 heavy (non-hydrogen) atoms. The van der Waals surface area contributed by atoms with Crippen LogP contribution in [0, 0.1) is 12.3 Å². The first-order valence-electron chi connectivity index (χ1n) is 7.18. The number of rotatable bonds is 7. The van der Waals surface area contributed by atoms with Gasteiger partial charge < -0.3 is 11.1 Å². The predicted octanol–water partition coefficient (Wildman–Crippen LogP) is 3.16. The van der Waals surface area contributed by atoms with Crippen molar-refractivity contribution in [2.24, 2.45) is 11.1 Å². The van der Waals surface area contributed by atoms with E-state index < -0.39 is 0 Å². The molecule has 1 saturated carbocycles. The summed E-state index contributed by atoms with van der Waals surface area (Å²) in [7, 11) is 0. The standard InChI is InChI=1S/C16H26N2/c1-3-8-16(9-10-16)12-18-11-15(17)14-6-4-13(2)5-7-14/h4-7,15,18H,3,8-12,17H2,1-2H3. The molecule has 0 saturated heterocycles. The van der Waals surface area contributed by atoms with Crippen LogP contribution in [-0.2, 0) is 0 Å². The van der Waals surface area contributed by atoms with E-state index in [2.05, 4.69) is 43.4 Å². The molecule has 1 aliphatic carbocycles. The van der Waals surface area contributed by atoms with Gasteiger partial charge in [0.15, 0.2) is 0 Å². The van der Waals surface area contributed by atoms with Gasteiger partial charge >= 0.3 is 0 Å². The average Bonchev–Trinajstić information content (AvgIpc) is 3.10. The molecule has 100 valence electrons. The monoisotopic (exact) mass is 246 g/mol. The maximum absolute atomic E-state index is 6.21. The zero-order valence-electron chi connectivity index (χ0n) is 11.7. The van der Waals surface area contributed by atoms with E-state index in [-0.39, 0.29) is 6.04 Å². The third-order valence-corrected chi connectivity index (χ3v) is 4.11. The molecule has 0 aromatic heterocycles. The molecule has 2 nitrogen and oxygen atoms in total. The largest absolute Gasteiger partial charge is 0.323 e. The summed E-state index contributed by atoms with van der Waals surface area (Å²) in [4.78, 5) is 0. The molecule has 0 spiro atoms. The van der Waals surface area contributed by atoms with E-state index in [0.717, 1.165) is 13.1 Å². The summed E-state index contributed by atoms with van der Waals surface area (Å²) in [6.45, 7) is 6.40. The van der Waals surface area contributed by atoms with E-state index in [4.69, 9.17) is 5.73 Å². The smallest absolute Gasteiger partial charge is 0.0421 e. The molecule has 3 N–H and O–H groups in total. The second kappa shape index (κ2) is 5.85. The highest BCUT2D eigenvalue weighted by molar-refractivity contribution is 5.24. The third kappa shape index (κ3) is 3.56. The van der Waals surface area contributed by atoms with Crippen molar-refractivity contribution in [3.8, 4) is 0 Å². The summed E-state index contributed by atoms with van der Waals surface area (Å²) < 4.78 is 0. The molecule has 1 fully saturated rings. The van der Waals surface area contributed by atoms with Crippen LogP contribution in [0.5, 0.6) is 0 Å². The number of hydrogen-bond acceptors (Lipinski definition) is 2. The van der Waals surface area contributed by atoms with E-state index in [0.29, 0.717) is 5.41 Å². The van der Waals surface area contributed by atoms with Crippen LogP contribution < -0.4 is 11.1 Å². The maximum atomic E-state index is 6.21. The van der Waals surface area contributed by atoms with Crippen molar-refractivity contribution >= 4 is 0 Å². The van der Waals surface area contributed by atoms with Crippen molar-refractivity contribution in [3.63, 3.8) is 0 Å². The first-order chi connectivity index (χ1) is 8.65. The third-order valence-electron chi connectivity index (χ3n) is 4.11. The molecule has 0 bridgehead atoms. The summed E-state index contributed by atoms with van der Waals surface area (Å²) in [5, 5.41) is 3.56. The molecule has 1 atom stereocenters. The fourth-order valence-corrected chi connectivity index (χ4v) is 2.65. The fraction of sp³-hybridized carbons (Fsp3) is 0.625. The number of nitrogens with two attached hydrogens (primary N) is 1. The molecule has 0 amide bonds. The van der Waals surface area contributed by atoms with Crippen molar-refractivity contribution in [1.29, 1.82) is 0 Å². The lowest BCUT2D eigenvalue weighted by atomic mass is 10.0. The normalized spacial score (nSPS) is 18.6. The lowest BCUT2D eigenvalue weighted by Gasteiger charge is -2.18. The second-order valence-corrected chi connectivity index (χ2v) is 5.90. The van der Waals surface area contributed by atoms with Crippen LogP contribution in [-0.4, -0.2) is 13.1 Å². The minimum absolute atomic E-state index is 0.114. The molecule has 1 aromatic rings. The summed E-state index contributed by atoms with van der Waals surface area (Å²) >= 11 is 0. The molecule has 1 aromatic carbocycles. The quantitative estimate of drug-likeness (QED) is 0.775. The van der Waals surface area contributed by atoms with Crippen LogP contribution in [0.3, 0.4) is 0 Å². The lowest BCUT2D eigenvalue weighted by Crippen LogP contribution is -2.31. The molecule has 2 rings (SSSR count). The molecule has 0 aliphatic heterocycles. The summed E-state index contributed by atoms with van der Waals surface area (Å²) in [6, 6.07) is 8.66. The molecular weight excluding hydrogens is 220 g/mol. The molecule has 0 heterocycles. The van der Waals surface area contributed by atoms with E-state index >= 15 is 0 Å². The Morgan fingerprint density at radius 2 is 1.94 bits per heavy atom. The SMILES string of the molecule is CCCC1(CNCC(N)c2ccc(C)cc2)CC1. The number of benzene rings is 1. The first-order valence-corrected chi connectivity index (χ1v) is 7.18. The van der Waals surface area contributed by atoms with Gasteiger partial charge in [0.25, 0.3) is 0 Å². The van der Waals surface area contributed by atoms with Gasteiger partial charge in [-0.3, -0.25) is 0 Å². The Kier molecular flexibility index (Phi) is 4.41. The highest BCUT2D eigenvalue weighted by atomic mass is 14.9. The number of hydrogen-bond donors (Lipinski definition) is 2. The summed E-state index contributed by atoms with van der Waals surface area (Å²) in [5.41, 5.74) is 9.34. The molecule has 0 radical (unpaired) electrons. The highest BCUT2D eigenvalue weighted by Crippen LogP contribution is 2.48. The van der Waals surface area contributed by atoms with Crippen LogP contribution in [0.1, 0.15) is 49.8 Å². The molecule has 1 unspecified atom stereocenters. The van der Waals surface area contributed by atoms with Gasteiger partial charge in [0, 0.05) is 19.1 Å². The van der Waals surface area contributed by atoms with Gasteiger partial charge in [0.1, 0.15) is 0 Å². The van der Waals surface area contributed by atoms with Crippen molar-refractivity contribution in [2.45, 2.75) is 45.6 Å². The minimum Gasteiger partial charge on any atom is -0.323 e. The molecular formula is C16H26N2. The van der Waals surface area contributed by atoms with Gasteiger partial charge in [0.2, 0.25) is 0 Å². The Labute approximate surface area is 111 Å². The van der Waals surface area contributed by atoms with Crippen molar-refractivity contribution in [3.05, 3.63) is 35.4 Å². The zero-order valence-corrected chi connectivity index (χ0v) is 11.7. The van der Waals surface area contributed by atoms with Crippen LogP contribution in [0.15, 0.2) is 24.3 Å².